The van der Waals surface area contributed by atoms with Crippen molar-refractivity contribution in [3.05, 3.63) is 11.1 Å². The van der Waals surface area contributed by atoms with Crippen molar-refractivity contribution in [3.63, 3.8) is 0 Å². The van der Waals surface area contributed by atoms with Gasteiger partial charge in [0, 0.05) is 0 Å². The van der Waals surface area contributed by atoms with Crippen LogP contribution in [0.4, 0.5) is 0 Å². The standard InChI is InChI=1S/C9H18/c1-7(2)6-9(5)8(3)4/h7H,6H2,1-5H3. The summed E-state index contributed by atoms with van der Waals surface area (Å²) < 4.78 is 0. The van der Waals surface area contributed by atoms with Gasteiger partial charge in [-0.05, 0) is 33.1 Å². The number of rotatable bonds is 2. The van der Waals surface area contributed by atoms with E-state index in [1.807, 2.05) is 0 Å². The summed E-state index contributed by atoms with van der Waals surface area (Å²) in [5, 5.41) is 0. The van der Waals surface area contributed by atoms with Crippen LogP contribution in [0.1, 0.15) is 41.0 Å². The van der Waals surface area contributed by atoms with Crippen LogP contribution in [-0.4, -0.2) is 0 Å². The van der Waals surface area contributed by atoms with E-state index in [1.165, 1.54) is 12.0 Å². The predicted octanol–water partition coefficient (Wildman–Crippen LogP) is 3.39. The molecule has 0 aliphatic rings. The minimum atomic E-state index is 0.805. The lowest BCUT2D eigenvalue weighted by Crippen LogP contribution is -1.89. The Bertz CT molecular complexity index is 103. The minimum absolute atomic E-state index is 0.805. The summed E-state index contributed by atoms with van der Waals surface area (Å²) in [7, 11) is 0. The first kappa shape index (κ1) is 8.74. The smallest absolute Gasteiger partial charge is 0.0297 e. The summed E-state index contributed by atoms with van der Waals surface area (Å²) in [6, 6.07) is 0. The van der Waals surface area contributed by atoms with Crippen LogP contribution in [0.25, 0.3) is 0 Å². The van der Waals surface area contributed by atoms with E-state index < -0.39 is 0 Å². The van der Waals surface area contributed by atoms with E-state index in [4.69, 9.17) is 0 Å². The largest absolute Gasteiger partial charge is 0.0775 e. The quantitative estimate of drug-likeness (QED) is 0.497. The predicted molar refractivity (Wildman–Crippen MR) is 43.5 cm³/mol. The third kappa shape index (κ3) is 4.26. The topological polar surface area (TPSA) is 0 Å². The second-order valence-electron chi connectivity index (χ2n) is 3.38. The van der Waals surface area contributed by atoms with Gasteiger partial charge < -0.3 is 0 Å². The van der Waals surface area contributed by atoms with Crippen LogP contribution in [0.15, 0.2) is 11.1 Å². The molecule has 0 fully saturated rings. The molecule has 0 nitrogen and oxygen atoms in total. The Morgan fingerprint density at radius 1 is 1.11 bits per heavy atom. The van der Waals surface area contributed by atoms with E-state index >= 15 is 0 Å². The highest BCUT2D eigenvalue weighted by atomic mass is 14.0. The van der Waals surface area contributed by atoms with Crippen molar-refractivity contribution >= 4 is 0 Å². The molecular weight excluding hydrogens is 108 g/mol. The summed E-state index contributed by atoms with van der Waals surface area (Å²) in [6.07, 6.45) is 1.25. The molecule has 0 heterocycles. The van der Waals surface area contributed by atoms with Crippen molar-refractivity contribution in [2.75, 3.05) is 0 Å². The molecule has 0 aromatic carbocycles. The third-order valence-corrected chi connectivity index (χ3v) is 1.57. The van der Waals surface area contributed by atoms with Gasteiger partial charge in [-0.1, -0.05) is 25.0 Å². The summed E-state index contributed by atoms with van der Waals surface area (Å²) in [5.74, 6) is 0.805. The second-order valence-corrected chi connectivity index (χ2v) is 3.38. The lowest BCUT2D eigenvalue weighted by molar-refractivity contribution is 0.638. The molecule has 0 spiro atoms. The Labute approximate surface area is 59.0 Å². The number of allylic oxidation sites excluding steroid dienone is 2. The monoisotopic (exact) mass is 126 g/mol. The highest BCUT2D eigenvalue weighted by Gasteiger charge is 1.95. The molecule has 0 bridgehead atoms. The van der Waals surface area contributed by atoms with Crippen molar-refractivity contribution < 1.29 is 0 Å². The summed E-state index contributed by atoms with van der Waals surface area (Å²) in [6.45, 7) is 11.1. The fraction of sp³-hybridized carbons (Fsp3) is 0.778. The first-order chi connectivity index (χ1) is 4.04. The minimum Gasteiger partial charge on any atom is -0.0775 e. The molecule has 0 saturated heterocycles. The summed E-state index contributed by atoms with van der Waals surface area (Å²) in [4.78, 5) is 0. The molecule has 0 N–H and O–H groups in total. The first-order valence-electron chi connectivity index (χ1n) is 3.67. The van der Waals surface area contributed by atoms with Crippen LogP contribution in [0.3, 0.4) is 0 Å². The SMILES string of the molecule is CC(C)=C(C)CC(C)C. The maximum absolute atomic E-state index is 2.26. The molecule has 0 aromatic rings. The van der Waals surface area contributed by atoms with E-state index in [0.29, 0.717) is 0 Å². The van der Waals surface area contributed by atoms with E-state index in [0.717, 1.165) is 5.92 Å². The molecule has 9 heavy (non-hydrogen) atoms. The van der Waals surface area contributed by atoms with Gasteiger partial charge in [-0.2, -0.15) is 0 Å². The summed E-state index contributed by atoms with van der Waals surface area (Å²) in [5.41, 5.74) is 3.02. The van der Waals surface area contributed by atoms with Crippen molar-refractivity contribution in [2.45, 2.75) is 41.0 Å². The van der Waals surface area contributed by atoms with Gasteiger partial charge in [0.25, 0.3) is 0 Å². The maximum Gasteiger partial charge on any atom is -0.0297 e. The molecule has 0 rings (SSSR count). The average Bonchev–Trinajstić information content (AvgIpc) is 1.63. The zero-order valence-corrected chi connectivity index (χ0v) is 7.28. The maximum atomic E-state index is 2.26. The van der Waals surface area contributed by atoms with Gasteiger partial charge in [0.15, 0.2) is 0 Å². The van der Waals surface area contributed by atoms with Gasteiger partial charge in [-0.15, -0.1) is 0 Å². The lowest BCUT2D eigenvalue weighted by Gasteiger charge is -2.05. The Hall–Kier alpha value is -0.260. The molecule has 0 radical (unpaired) electrons. The summed E-state index contributed by atoms with van der Waals surface area (Å²) >= 11 is 0. The molecule has 0 saturated carbocycles. The van der Waals surface area contributed by atoms with E-state index in [1.54, 1.807) is 5.57 Å². The zero-order chi connectivity index (χ0) is 7.44. The average molecular weight is 126 g/mol. The Morgan fingerprint density at radius 3 is 1.67 bits per heavy atom. The van der Waals surface area contributed by atoms with E-state index in [-0.39, 0.29) is 0 Å². The molecule has 54 valence electrons. The number of hydrogen-bond donors (Lipinski definition) is 0. The Kier molecular flexibility index (Phi) is 3.60. The highest BCUT2D eigenvalue weighted by Crippen LogP contribution is 2.12. The zero-order valence-electron chi connectivity index (χ0n) is 7.28. The Balaban J connectivity index is 3.77. The van der Waals surface area contributed by atoms with Crippen molar-refractivity contribution in [3.8, 4) is 0 Å². The van der Waals surface area contributed by atoms with Gasteiger partial charge in [0.05, 0.1) is 0 Å². The van der Waals surface area contributed by atoms with Gasteiger partial charge in [0.1, 0.15) is 0 Å². The van der Waals surface area contributed by atoms with Crippen LogP contribution < -0.4 is 0 Å². The first-order valence-corrected chi connectivity index (χ1v) is 3.67. The fourth-order valence-electron chi connectivity index (χ4n) is 0.816. The normalized spacial score (nSPS) is 10.0. The van der Waals surface area contributed by atoms with Crippen molar-refractivity contribution in [2.24, 2.45) is 5.92 Å². The van der Waals surface area contributed by atoms with Crippen molar-refractivity contribution in [1.29, 1.82) is 0 Å². The van der Waals surface area contributed by atoms with Gasteiger partial charge in [0.2, 0.25) is 0 Å². The fourth-order valence-corrected chi connectivity index (χ4v) is 0.816. The molecular formula is C9H18. The molecule has 0 heteroatoms. The van der Waals surface area contributed by atoms with Gasteiger partial charge in [-0.25, -0.2) is 0 Å². The molecule has 0 unspecified atom stereocenters. The Morgan fingerprint density at radius 2 is 1.56 bits per heavy atom. The van der Waals surface area contributed by atoms with Gasteiger partial charge >= 0.3 is 0 Å². The van der Waals surface area contributed by atoms with Gasteiger partial charge in [-0.3, -0.25) is 0 Å². The van der Waals surface area contributed by atoms with E-state index in [2.05, 4.69) is 34.6 Å². The van der Waals surface area contributed by atoms with Crippen LogP contribution in [-0.2, 0) is 0 Å². The number of hydrogen-bond acceptors (Lipinski definition) is 0. The highest BCUT2D eigenvalue weighted by molar-refractivity contribution is 5.06. The second kappa shape index (κ2) is 3.71. The molecule has 0 aliphatic heterocycles. The van der Waals surface area contributed by atoms with E-state index in [9.17, 15) is 0 Å². The van der Waals surface area contributed by atoms with Crippen molar-refractivity contribution in [1.82, 2.24) is 0 Å². The van der Waals surface area contributed by atoms with Crippen LogP contribution in [0.2, 0.25) is 0 Å². The van der Waals surface area contributed by atoms with Crippen LogP contribution >= 0.6 is 0 Å². The molecule has 0 aliphatic carbocycles. The van der Waals surface area contributed by atoms with Crippen LogP contribution in [0.5, 0.6) is 0 Å². The van der Waals surface area contributed by atoms with Crippen LogP contribution in [0, 0.1) is 5.92 Å². The third-order valence-electron chi connectivity index (χ3n) is 1.57. The lowest BCUT2D eigenvalue weighted by atomic mass is 10.0. The molecule has 0 amide bonds. The molecule has 0 aromatic heterocycles. The molecule has 0 atom stereocenters.